The molecule has 0 aromatic heterocycles. The van der Waals surface area contributed by atoms with Crippen molar-refractivity contribution in [1.29, 1.82) is 0 Å². The van der Waals surface area contributed by atoms with Crippen LogP contribution in [0.1, 0.15) is 21.5 Å². The maximum Gasteiger partial charge on any atom is 0.251 e. The largest absolute Gasteiger partial charge is 0.352 e. The number of nitrogens with one attached hydrogen (secondary N) is 2. The molecule has 27 heavy (non-hydrogen) atoms. The number of benzene rings is 2. The van der Waals surface area contributed by atoms with Gasteiger partial charge in [-0.1, -0.05) is 30.3 Å². The third-order valence-corrected chi connectivity index (χ3v) is 4.75. The van der Waals surface area contributed by atoms with Crippen molar-refractivity contribution in [3.05, 3.63) is 65.2 Å². The van der Waals surface area contributed by atoms with Crippen LogP contribution in [0.25, 0.3) is 0 Å². The van der Waals surface area contributed by atoms with Crippen LogP contribution in [0.3, 0.4) is 0 Å². The first-order valence-electron chi connectivity index (χ1n) is 8.14. The molecule has 0 atom stereocenters. The summed E-state index contributed by atoms with van der Waals surface area (Å²) in [6, 6.07) is 12.9. The predicted molar refractivity (Wildman–Crippen MR) is 97.7 cm³/mol. The van der Waals surface area contributed by atoms with Crippen molar-refractivity contribution < 1.29 is 23.1 Å². The monoisotopic (exact) mass is 390 g/mol. The van der Waals surface area contributed by atoms with E-state index in [2.05, 4.69) is 10.6 Å². The second-order valence-corrected chi connectivity index (χ2v) is 7.33. The minimum atomic E-state index is -3.73. The Labute approximate surface area is 157 Å². The number of amides is 2. The lowest BCUT2D eigenvalue weighted by Crippen LogP contribution is -2.29. The number of carbonyl (C=O) groups excluding carboxylic acids is 2. The van der Waals surface area contributed by atoms with E-state index in [1.807, 2.05) is 0 Å². The smallest absolute Gasteiger partial charge is 0.251 e. The van der Waals surface area contributed by atoms with Crippen LogP contribution in [0.4, 0.5) is 0 Å². The number of primary sulfonamides is 1. The van der Waals surface area contributed by atoms with Crippen LogP contribution < -0.4 is 15.8 Å². The molecule has 4 N–H and O–H groups in total. The molecular formula is C18H20N3O5S. The fourth-order valence-corrected chi connectivity index (χ4v) is 2.92. The first-order valence-corrected chi connectivity index (χ1v) is 9.68. The molecule has 0 aliphatic rings. The first kappa shape index (κ1) is 20.6. The standard InChI is InChI=1S/C18H20N3O5S/c19-27(25,26)15-7-5-13(6-8-15)9-10-20-18(24)16-4-2-1-3-14(16)11-21-17(23)12-22/h1-8H,9-12H2,(H,20,24)(H,21,23)(H2,19,25,26). The maximum absolute atomic E-state index is 12.4. The van der Waals surface area contributed by atoms with Crippen molar-refractivity contribution >= 4 is 21.8 Å². The maximum atomic E-state index is 12.4. The van der Waals surface area contributed by atoms with E-state index in [1.165, 1.54) is 12.1 Å². The number of hydrogen-bond acceptors (Lipinski definition) is 4. The quantitative estimate of drug-likeness (QED) is 0.599. The summed E-state index contributed by atoms with van der Waals surface area (Å²) in [4.78, 5) is 23.5. The molecule has 0 saturated carbocycles. The molecule has 0 aliphatic heterocycles. The second-order valence-electron chi connectivity index (χ2n) is 5.77. The van der Waals surface area contributed by atoms with E-state index in [1.54, 1.807) is 36.4 Å². The summed E-state index contributed by atoms with van der Waals surface area (Å²) in [6.45, 7) is -0.424. The lowest BCUT2D eigenvalue weighted by Gasteiger charge is -2.11. The molecule has 2 amide bonds. The zero-order chi connectivity index (χ0) is 19.9. The summed E-state index contributed by atoms with van der Waals surface area (Å²) in [5.41, 5.74) is 1.86. The van der Waals surface area contributed by atoms with Gasteiger partial charge in [0, 0.05) is 18.7 Å². The van der Waals surface area contributed by atoms with E-state index in [4.69, 9.17) is 5.14 Å². The SMILES string of the molecule is NS(=O)(=O)c1ccc(CCNC(=O)c2ccccc2CNC(=O)C[O])cc1. The molecule has 0 aliphatic carbocycles. The van der Waals surface area contributed by atoms with Crippen LogP contribution in [0.2, 0.25) is 0 Å². The van der Waals surface area contributed by atoms with Gasteiger partial charge in [0.1, 0.15) is 0 Å². The second kappa shape index (κ2) is 9.26. The molecule has 1 radical (unpaired) electrons. The minimum absolute atomic E-state index is 0.0318. The number of rotatable bonds is 8. The summed E-state index contributed by atoms with van der Waals surface area (Å²) in [5, 5.41) is 20.8. The van der Waals surface area contributed by atoms with Gasteiger partial charge in [0.05, 0.1) is 4.90 Å². The topological polar surface area (TPSA) is 138 Å². The van der Waals surface area contributed by atoms with Crippen LogP contribution in [-0.2, 0) is 32.9 Å². The normalized spacial score (nSPS) is 11.0. The van der Waals surface area contributed by atoms with Crippen LogP contribution in [-0.4, -0.2) is 33.4 Å². The van der Waals surface area contributed by atoms with E-state index in [-0.39, 0.29) is 17.3 Å². The van der Waals surface area contributed by atoms with E-state index >= 15 is 0 Å². The predicted octanol–water partition coefficient (Wildman–Crippen LogP) is 0.353. The zero-order valence-electron chi connectivity index (χ0n) is 14.5. The molecule has 2 aromatic carbocycles. The Balaban J connectivity index is 1.93. The third-order valence-electron chi connectivity index (χ3n) is 3.82. The molecule has 0 spiro atoms. The first-order chi connectivity index (χ1) is 12.8. The highest BCUT2D eigenvalue weighted by Gasteiger charge is 2.11. The Hall–Kier alpha value is -2.75. The highest BCUT2D eigenvalue weighted by molar-refractivity contribution is 7.89. The minimum Gasteiger partial charge on any atom is -0.352 e. The Morgan fingerprint density at radius 1 is 0.963 bits per heavy atom. The van der Waals surface area contributed by atoms with Gasteiger partial charge in [-0.2, -0.15) is 0 Å². The molecular weight excluding hydrogens is 370 g/mol. The Kier molecular flexibility index (Phi) is 7.05. The molecule has 2 aromatic rings. The van der Waals surface area contributed by atoms with E-state index in [0.717, 1.165) is 5.56 Å². The van der Waals surface area contributed by atoms with Gasteiger partial charge in [-0.05, 0) is 35.7 Å². The Morgan fingerprint density at radius 2 is 1.63 bits per heavy atom. The molecule has 143 valence electrons. The van der Waals surface area contributed by atoms with Crippen molar-refractivity contribution in [2.45, 2.75) is 17.9 Å². The summed E-state index contributed by atoms with van der Waals surface area (Å²) in [6.07, 6.45) is 0.506. The third kappa shape index (κ3) is 6.17. The van der Waals surface area contributed by atoms with E-state index in [9.17, 15) is 23.1 Å². The van der Waals surface area contributed by atoms with Gasteiger partial charge < -0.3 is 10.6 Å². The fraction of sp³-hybridized carbons (Fsp3) is 0.222. The summed E-state index contributed by atoms with van der Waals surface area (Å²) >= 11 is 0. The average Bonchev–Trinajstić information content (AvgIpc) is 2.66. The van der Waals surface area contributed by atoms with Crippen LogP contribution in [0.5, 0.6) is 0 Å². The van der Waals surface area contributed by atoms with Crippen LogP contribution in [0.15, 0.2) is 53.4 Å². The zero-order valence-corrected chi connectivity index (χ0v) is 15.3. The van der Waals surface area contributed by atoms with Crippen molar-refractivity contribution in [3.63, 3.8) is 0 Å². The van der Waals surface area contributed by atoms with Crippen LogP contribution in [0, 0.1) is 0 Å². The number of hydrogen-bond donors (Lipinski definition) is 3. The lowest BCUT2D eigenvalue weighted by molar-refractivity contribution is -0.125. The van der Waals surface area contributed by atoms with Crippen LogP contribution >= 0.6 is 0 Å². The molecule has 0 bridgehead atoms. The molecule has 0 fully saturated rings. The van der Waals surface area contributed by atoms with Crippen molar-refractivity contribution in [3.8, 4) is 0 Å². The van der Waals surface area contributed by atoms with Crippen molar-refractivity contribution in [1.82, 2.24) is 10.6 Å². The number of nitrogens with two attached hydrogens (primary N) is 1. The summed E-state index contributed by atoms with van der Waals surface area (Å²) in [7, 11) is -3.73. The van der Waals surface area contributed by atoms with Gasteiger partial charge in [0.2, 0.25) is 15.9 Å². The molecule has 0 saturated heterocycles. The van der Waals surface area contributed by atoms with E-state index < -0.39 is 22.5 Å². The van der Waals surface area contributed by atoms with Crippen molar-refractivity contribution in [2.75, 3.05) is 13.2 Å². The summed E-state index contributed by atoms with van der Waals surface area (Å²) in [5.74, 6) is -0.934. The van der Waals surface area contributed by atoms with Gasteiger partial charge in [-0.15, -0.1) is 0 Å². The molecule has 2 rings (SSSR count). The van der Waals surface area contributed by atoms with Gasteiger partial charge in [0.25, 0.3) is 5.91 Å². The lowest BCUT2D eigenvalue weighted by atomic mass is 10.1. The molecule has 8 nitrogen and oxygen atoms in total. The molecule has 9 heteroatoms. The van der Waals surface area contributed by atoms with Crippen molar-refractivity contribution in [2.24, 2.45) is 5.14 Å². The number of carbonyl (C=O) groups is 2. The molecule has 0 heterocycles. The highest BCUT2D eigenvalue weighted by Crippen LogP contribution is 2.10. The Morgan fingerprint density at radius 3 is 2.26 bits per heavy atom. The average molecular weight is 390 g/mol. The highest BCUT2D eigenvalue weighted by atomic mass is 32.2. The van der Waals surface area contributed by atoms with E-state index in [0.29, 0.717) is 24.1 Å². The van der Waals surface area contributed by atoms with Gasteiger partial charge in [-0.3, -0.25) is 9.59 Å². The molecule has 0 unspecified atom stereocenters. The van der Waals surface area contributed by atoms with Gasteiger partial charge >= 0.3 is 0 Å². The summed E-state index contributed by atoms with van der Waals surface area (Å²) < 4.78 is 22.5. The fourth-order valence-electron chi connectivity index (χ4n) is 2.40. The number of sulfonamides is 1. The van der Waals surface area contributed by atoms with Gasteiger partial charge in [0.15, 0.2) is 6.61 Å². The Bertz CT molecular complexity index is 911. The van der Waals surface area contributed by atoms with Gasteiger partial charge in [-0.25, -0.2) is 18.7 Å².